The highest BCUT2D eigenvalue weighted by atomic mass is 16.4. The fourth-order valence-electron chi connectivity index (χ4n) is 2.85. The lowest BCUT2D eigenvalue weighted by Gasteiger charge is -2.30. The van der Waals surface area contributed by atoms with Gasteiger partial charge < -0.3 is 10.0 Å². The van der Waals surface area contributed by atoms with Crippen LogP contribution in [0.5, 0.6) is 0 Å². The van der Waals surface area contributed by atoms with Gasteiger partial charge in [0.05, 0.1) is 11.4 Å². The number of nitrogens with zero attached hydrogens (tertiary/aromatic N) is 4. The minimum Gasteiger partial charge on any atom is -0.477 e. The van der Waals surface area contributed by atoms with Gasteiger partial charge in [-0.05, 0) is 25.2 Å². The smallest absolute Gasteiger partial charge is 0.350 e. The molecule has 1 N–H and O–H groups in total. The average molecular weight is 288 g/mol. The molecule has 0 aliphatic carbocycles. The molecular weight excluding hydrogens is 268 g/mol. The van der Waals surface area contributed by atoms with Crippen LogP contribution < -0.4 is 4.90 Å². The summed E-state index contributed by atoms with van der Waals surface area (Å²) in [6.07, 6.45) is 3.88. The van der Waals surface area contributed by atoms with Crippen LogP contribution in [0.25, 0.3) is 0 Å². The van der Waals surface area contributed by atoms with Crippen LogP contribution in [0.3, 0.4) is 0 Å². The van der Waals surface area contributed by atoms with Crippen molar-refractivity contribution in [1.29, 1.82) is 0 Å². The molecule has 0 spiro atoms. The largest absolute Gasteiger partial charge is 0.477 e. The second-order valence-electron chi connectivity index (χ2n) is 5.95. The van der Waals surface area contributed by atoms with E-state index in [2.05, 4.69) is 28.7 Å². The quantitative estimate of drug-likeness (QED) is 0.923. The molecule has 3 heterocycles. The van der Waals surface area contributed by atoms with Crippen LogP contribution in [0, 0.1) is 0 Å². The van der Waals surface area contributed by atoms with Gasteiger partial charge in [0.15, 0.2) is 11.6 Å². The third kappa shape index (κ3) is 2.62. The fourth-order valence-corrected chi connectivity index (χ4v) is 2.85. The molecule has 6 nitrogen and oxygen atoms in total. The Kier molecular flexibility index (Phi) is 3.61. The number of carbonyl (C=O) groups is 1. The van der Waals surface area contributed by atoms with Gasteiger partial charge in [-0.3, -0.25) is 0 Å². The highest BCUT2D eigenvalue weighted by molar-refractivity contribution is 6.37. The average Bonchev–Trinajstić information content (AvgIpc) is 2.90. The van der Waals surface area contributed by atoms with E-state index < -0.39 is 5.97 Å². The Bertz CT molecular complexity index is 604. The van der Waals surface area contributed by atoms with Crippen molar-refractivity contribution >= 4 is 23.3 Å². The van der Waals surface area contributed by atoms with Crippen LogP contribution in [0.1, 0.15) is 50.4 Å². The molecule has 0 unspecified atom stereocenters. The third-order valence-electron chi connectivity index (χ3n) is 3.98. The van der Waals surface area contributed by atoms with Gasteiger partial charge in [-0.15, -0.1) is 0 Å². The van der Waals surface area contributed by atoms with Gasteiger partial charge in [0.1, 0.15) is 5.71 Å². The number of rotatable bonds is 3. The lowest BCUT2D eigenvalue weighted by atomic mass is 10.1. The summed E-state index contributed by atoms with van der Waals surface area (Å²) in [6.45, 7) is 6.17. The zero-order chi connectivity index (χ0) is 15.0. The van der Waals surface area contributed by atoms with Gasteiger partial charge in [-0.2, -0.15) is 0 Å². The maximum atomic E-state index is 11.1. The van der Waals surface area contributed by atoms with E-state index in [1.165, 1.54) is 19.3 Å². The summed E-state index contributed by atoms with van der Waals surface area (Å²) >= 11 is 0. The standard InChI is InChI=1S/C15H20N4O2/c1-9(2)12-14(19-6-4-3-5-7-19)17-10-8-11(15(20)21)16-13(10)18-12/h9H,3-8H2,1-2H3,(H,20,21). The minimum atomic E-state index is -0.986. The first kappa shape index (κ1) is 14.0. The molecule has 1 aromatic heterocycles. The maximum absolute atomic E-state index is 11.1. The third-order valence-corrected chi connectivity index (χ3v) is 3.98. The summed E-state index contributed by atoms with van der Waals surface area (Å²) in [7, 11) is 0. The van der Waals surface area contributed by atoms with Gasteiger partial charge >= 0.3 is 5.97 Å². The van der Waals surface area contributed by atoms with Gasteiger partial charge in [0.25, 0.3) is 0 Å². The topological polar surface area (TPSA) is 78.7 Å². The first-order valence-corrected chi connectivity index (χ1v) is 7.53. The first-order chi connectivity index (χ1) is 10.1. The van der Waals surface area contributed by atoms with Gasteiger partial charge in [0.2, 0.25) is 0 Å². The fraction of sp³-hybridized carbons (Fsp3) is 0.600. The number of hydrogen-bond acceptors (Lipinski definition) is 5. The molecule has 112 valence electrons. The number of carboxylic acid groups (broad SMARTS) is 1. The lowest BCUT2D eigenvalue weighted by Crippen LogP contribution is -2.31. The molecule has 6 heteroatoms. The zero-order valence-corrected chi connectivity index (χ0v) is 12.5. The molecule has 0 saturated carbocycles. The molecule has 21 heavy (non-hydrogen) atoms. The van der Waals surface area contributed by atoms with Crippen molar-refractivity contribution in [2.45, 2.75) is 45.4 Å². The molecular formula is C15H20N4O2. The second-order valence-corrected chi connectivity index (χ2v) is 5.95. The van der Waals surface area contributed by atoms with Crippen LogP contribution in [-0.2, 0) is 11.2 Å². The number of aliphatic imine (C=N–C) groups is 1. The number of aromatic nitrogens is 2. The molecule has 2 aliphatic rings. The summed E-state index contributed by atoms with van der Waals surface area (Å²) in [4.78, 5) is 26.8. The molecule has 0 amide bonds. The molecule has 1 aromatic rings. The molecule has 1 fully saturated rings. The molecule has 3 rings (SSSR count). The Labute approximate surface area is 123 Å². The van der Waals surface area contributed by atoms with Crippen LogP contribution >= 0.6 is 0 Å². The van der Waals surface area contributed by atoms with Crippen molar-refractivity contribution in [3.05, 3.63) is 11.4 Å². The van der Waals surface area contributed by atoms with Crippen molar-refractivity contribution in [2.24, 2.45) is 4.99 Å². The lowest BCUT2D eigenvalue weighted by molar-refractivity contribution is -0.129. The van der Waals surface area contributed by atoms with E-state index in [0.717, 1.165) is 24.6 Å². The van der Waals surface area contributed by atoms with Crippen molar-refractivity contribution < 1.29 is 9.90 Å². The molecule has 0 aromatic carbocycles. The molecule has 1 saturated heterocycles. The van der Waals surface area contributed by atoms with Crippen LogP contribution in [-0.4, -0.2) is 39.8 Å². The predicted octanol–water partition coefficient (Wildman–Crippen LogP) is 2.30. The Morgan fingerprint density at radius 1 is 1.19 bits per heavy atom. The summed E-state index contributed by atoms with van der Waals surface area (Å²) in [5.41, 5.74) is 1.75. The molecule has 0 radical (unpaired) electrons. The van der Waals surface area contributed by atoms with E-state index in [-0.39, 0.29) is 18.1 Å². The molecule has 0 atom stereocenters. The van der Waals surface area contributed by atoms with Gasteiger partial charge in [-0.1, -0.05) is 13.8 Å². The normalized spacial score (nSPS) is 17.9. The summed E-state index contributed by atoms with van der Waals surface area (Å²) in [5, 5.41) is 9.09. The Hall–Kier alpha value is -1.98. The van der Waals surface area contributed by atoms with Crippen molar-refractivity contribution in [3.8, 4) is 0 Å². The predicted molar refractivity (Wildman–Crippen MR) is 80.6 cm³/mol. The summed E-state index contributed by atoms with van der Waals surface area (Å²) < 4.78 is 0. The van der Waals surface area contributed by atoms with Crippen LogP contribution in [0.4, 0.5) is 11.6 Å². The summed E-state index contributed by atoms with van der Waals surface area (Å²) in [5.74, 6) is 0.659. The van der Waals surface area contributed by atoms with Gasteiger partial charge in [0, 0.05) is 19.5 Å². The highest BCUT2D eigenvalue weighted by Crippen LogP contribution is 2.32. The van der Waals surface area contributed by atoms with Crippen LogP contribution in [0.15, 0.2) is 4.99 Å². The van der Waals surface area contributed by atoms with E-state index in [9.17, 15) is 4.79 Å². The number of anilines is 1. The Morgan fingerprint density at radius 3 is 2.52 bits per heavy atom. The maximum Gasteiger partial charge on any atom is 0.350 e. The SMILES string of the molecule is CC(C)c1nc2c(nc1N1CCCCC1)CC(C(=O)O)=N2. The number of piperidine rings is 1. The van der Waals surface area contributed by atoms with Crippen molar-refractivity contribution in [2.75, 3.05) is 18.0 Å². The number of fused-ring (bicyclic) bond motifs is 1. The van der Waals surface area contributed by atoms with Crippen molar-refractivity contribution in [3.63, 3.8) is 0 Å². The Morgan fingerprint density at radius 2 is 1.90 bits per heavy atom. The van der Waals surface area contributed by atoms with Gasteiger partial charge in [-0.25, -0.2) is 19.8 Å². The highest BCUT2D eigenvalue weighted by Gasteiger charge is 2.27. The monoisotopic (exact) mass is 288 g/mol. The van der Waals surface area contributed by atoms with E-state index in [4.69, 9.17) is 10.1 Å². The van der Waals surface area contributed by atoms with Crippen molar-refractivity contribution in [1.82, 2.24) is 9.97 Å². The van der Waals surface area contributed by atoms with E-state index in [0.29, 0.717) is 11.5 Å². The second kappa shape index (κ2) is 5.42. The molecule has 0 bridgehead atoms. The number of aliphatic carboxylic acids is 1. The molecule has 2 aliphatic heterocycles. The van der Waals surface area contributed by atoms with E-state index >= 15 is 0 Å². The van der Waals surface area contributed by atoms with E-state index in [1.54, 1.807) is 0 Å². The minimum absolute atomic E-state index is 0.135. The first-order valence-electron chi connectivity index (χ1n) is 7.53. The van der Waals surface area contributed by atoms with E-state index in [1.807, 2.05) is 0 Å². The summed E-state index contributed by atoms with van der Waals surface area (Å²) in [6, 6.07) is 0. The van der Waals surface area contributed by atoms with Crippen LogP contribution in [0.2, 0.25) is 0 Å². The number of hydrogen-bond donors (Lipinski definition) is 1. The Balaban J connectivity index is 2.00. The zero-order valence-electron chi connectivity index (χ0n) is 12.5. The number of carboxylic acids is 1.